The minimum absolute atomic E-state index is 0. The molecule has 0 aliphatic heterocycles. The Morgan fingerprint density at radius 1 is 1.35 bits per heavy atom. The molecule has 1 saturated carbocycles. The Morgan fingerprint density at radius 2 is 2.12 bits per heavy atom. The highest BCUT2D eigenvalue weighted by molar-refractivity contribution is 6.12. The molecule has 7 nitrogen and oxygen atoms in total. The Labute approximate surface area is 156 Å². The van der Waals surface area contributed by atoms with Crippen LogP contribution < -0.4 is 11.1 Å². The second-order valence-electron chi connectivity index (χ2n) is 6.70. The molecule has 0 bridgehead atoms. The van der Waals surface area contributed by atoms with Gasteiger partial charge in [0.25, 0.3) is 11.6 Å². The van der Waals surface area contributed by atoms with E-state index in [0.717, 1.165) is 24.2 Å². The van der Waals surface area contributed by atoms with Crippen LogP contribution in [0, 0.1) is 0 Å². The number of nitrogen functional groups attached to an aromatic ring is 1. The fourth-order valence-electron chi connectivity index (χ4n) is 2.83. The summed E-state index contributed by atoms with van der Waals surface area (Å²) in [6.07, 6.45) is 3.71. The zero-order valence-corrected chi connectivity index (χ0v) is 15.3. The van der Waals surface area contributed by atoms with E-state index in [9.17, 15) is 4.79 Å². The highest BCUT2D eigenvalue weighted by atomic mass is 35.5. The third kappa shape index (κ3) is 3.35. The van der Waals surface area contributed by atoms with Crippen molar-refractivity contribution < 1.29 is 9.32 Å². The molecule has 3 heterocycles. The predicted octanol–water partition coefficient (Wildman–Crippen LogP) is 3.87. The second kappa shape index (κ2) is 6.92. The zero-order chi connectivity index (χ0) is 17.6. The number of carbonyl (C=O) groups is 1. The van der Waals surface area contributed by atoms with Gasteiger partial charge in [0.1, 0.15) is 5.82 Å². The molecule has 136 valence electrons. The average molecular weight is 374 g/mol. The van der Waals surface area contributed by atoms with Crippen LogP contribution in [0.2, 0.25) is 0 Å². The Balaban J connectivity index is 0.00000196. The molecule has 8 heteroatoms. The van der Waals surface area contributed by atoms with Crippen LogP contribution in [0.15, 0.2) is 28.9 Å². The molecule has 0 spiro atoms. The maximum atomic E-state index is 12.9. The molecule has 3 aromatic rings. The lowest BCUT2D eigenvalue weighted by Gasteiger charge is -2.09. The van der Waals surface area contributed by atoms with Crippen LogP contribution in [0.5, 0.6) is 0 Å². The SMILES string of the molecule is CC(C)c1noc2nc(C3CC3)cc(C(=O)Nc3ccc(N)nc3)c12.Cl. The quantitative estimate of drug-likeness (QED) is 0.718. The number of nitrogens with one attached hydrogen (secondary N) is 1. The number of amides is 1. The monoisotopic (exact) mass is 373 g/mol. The van der Waals surface area contributed by atoms with E-state index in [1.807, 2.05) is 19.9 Å². The molecule has 0 saturated heterocycles. The van der Waals surface area contributed by atoms with Gasteiger partial charge in [0.15, 0.2) is 0 Å². The van der Waals surface area contributed by atoms with Crippen LogP contribution in [0.1, 0.15) is 60.3 Å². The number of hydrogen-bond acceptors (Lipinski definition) is 6. The van der Waals surface area contributed by atoms with E-state index in [1.165, 1.54) is 6.20 Å². The van der Waals surface area contributed by atoms with Crippen LogP contribution in [0.3, 0.4) is 0 Å². The normalized spacial score (nSPS) is 13.7. The molecule has 0 aromatic carbocycles. The highest BCUT2D eigenvalue weighted by Crippen LogP contribution is 2.41. The van der Waals surface area contributed by atoms with Crippen LogP contribution >= 0.6 is 12.4 Å². The molecule has 26 heavy (non-hydrogen) atoms. The van der Waals surface area contributed by atoms with Gasteiger partial charge >= 0.3 is 0 Å². The summed E-state index contributed by atoms with van der Waals surface area (Å²) in [6, 6.07) is 5.23. The van der Waals surface area contributed by atoms with Gasteiger partial charge in [-0.25, -0.2) is 9.97 Å². The molecule has 3 N–H and O–H groups in total. The Bertz CT molecular complexity index is 948. The first-order valence-corrected chi connectivity index (χ1v) is 8.36. The zero-order valence-electron chi connectivity index (χ0n) is 14.5. The van der Waals surface area contributed by atoms with Gasteiger partial charge in [-0.2, -0.15) is 0 Å². The Kier molecular flexibility index (Phi) is 4.82. The summed E-state index contributed by atoms with van der Waals surface area (Å²) in [6.45, 7) is 4.02. The van der Waals surface area contributed by atoms with Crippen molar-refractivity contribution in [3.05, 3.63) is 41.3 Å². The van der Waals surface area contributed by atoms with Crippen molar-refractivity contribution in [1.82, 2.24) is 15.1 Å². The van der Waals surface area contributed by atoms with Gasteiger partial charge in [-0.05, 0) is 37.0 Å². The number of halogens is 1. The molecule has 1 amide bonds. The van der Waals surface area contributed by atoms with Crippen molar-refractivity contribution in [3.63, 3.8) is 0 Å². The fourth-order valence-corrected chi connectivity index (χ4v) is 2.83. The van der Waals surface area contributed by atoms with Crippen LogP contribution in [0.4, 0.5) is 11.5 Å². The maximum absolute atomic E-state index is 12.9. The third-order valence-corrected chi connectivity index (χ3v) is 4.32. The topological polar surface area (TPSA) is 107 Å². The minimum Gasteiger partial charge on any atom is -0.384 e. The molecule has 0 unspecified atom stereocenters. The number of rotatable bonds is 4. The van der Waals surface area contributed by atoms with Crippen LogP contribution in [0.25, 0.3) is 11.1 Å². The number of carbonyl (C=O) groups excluding carboxylic acids is 1. The molecular weight excluding hydrogens is 354 g/mol. The van der Waals surface area contributed by atoms with E-state index in [4.69, 9.17) is 10.3 Å². The summed E-state index contributed by atoms with van der Waals surface area (Å²) in [7, 11) is 0. The highest BCUT2D eigenvalue weighted by Gasteiger charge is 2.29. The van der Waals surface area contributed by atoms with Crippen molar-refractivity contribution in [1.29, 1.82) is 0 Å². The lowest BCUT2D eigenvalue weighted by atomic mass is 10.0. The first kappa shape index (κ1) is 18.1. The standard InChI is InChI=1S/C18H19N5O2.ClH/c1-9(2)16-15-12(17(24)21-11-5-6-14(19)20-8-11)7-13(10-3-4-10)22-18(15)25-23-16;/h5-10H,3-4H2,1-2H3,(H2,19,20)(H,21,24);1H. The van der Waals surface area contributed by atoms with E-state index in [1.54, 1.807) is 12.1 Å². The maximum Gasteiger partial charge on any atom is 0.259 e. The molecule has 4 rings (SSSR count). The number of pyridine rings is 2. The third-order valence-electron chi connectivity index (χ3n) is 4.32. The largest absolute Gasteiger partial charge is 0.384 e. The number of hydrogen-bond donors (Lipinski definition) is 2. The molecule has 1 aliphatic rings. The molecule has 1 fully saturated rings. The van der Waals surface area contributed by atoms with Crippen molar-refractivity contribution in [3.8, 4) is 0 Å². The molecule has 3 aromatic heterocycles. The van der Waals surface area contributed by atoms with Gasteiger partial charge in [-0.15, -0.1) is 12.4 Å². The fraction of sp³-hybridized carbons (Fsp3) is 0.333. The number of aromatic nitrogens is 3. The van der Waals surface area contributed by atoms with E-state index >= 15 is 0 Å². The lowest BCUT2D eigenvalue weighted by Crippen LogP contribution is -2.14. The molecule has 0 atom stereocenters. The van der Waals surface area contributed by atoms with Gasteiger partial charge in [0.05, 0.1) is 28.5 Å². The van der Waals surface area contributed by atoms with Crippen LogP contribution in [-0.4, -0.2) is 21.0 Å². The Morgan fingerprint density at radius 3 is 2.73 bits per heavy atom. The minimum atomic E-state index is -0.231. The summed E-state index contributed by atoms with van der Waals surface area (Å²) in [5.74, 6) is 0.703. The number of nitrogens with zero attached hydrogens (tertiary/aromatic N) is 3. The van der Waals surface area contributed by atoms with Gasteiger partial charge in [-0.1, -0.05) is 19.0 Å². The van der Waals surface area contributed by atoms with Gasteiger partial charge in [-0.3, -0.25) is 4.79 Å². The van der Waals surface area contributed by atoms with Gasteiger partial charge < -0.3 is 15.6 Å². The van der Waals surface area contributed by atoms with Crippen LogP contribution in [-0.2, 0) is 0 Å². The summed E-state index contributed by atoms with van der Waals surface area (Å²) >= 11 is 0. The van der Waals surface area contributed by atoms with E-state index < -0.39 is 0 Å². The Hall–Kier alpha value is -2.67. The number of anilines is 2. The molecule has 1 aliphatic carbocycles. The van der Waals surface area contributed by atoms with Crippen molar-refractivity contribution in [2.75, 3.05) is 11.1 Å². The molecule has 0 radical (unpaired) electrons. The lowest BCUT2D eigenvalue weighted by molar-refractivity contribution is 0.102. The van der Waals surface area contributed by atoms with Crippen molar-refractivity contribution in [2.45, 2.75) is 38.5 Å². The number of fused-ring (bicyclic) bond motifs is 1. The average Bonchev–Trinajstić information content (AvgIpc) is 3.35. The number of nitrogens with two attached hydrogens (primary N) is 1. The first-order chi connectivity index (χ1) is 12.0. The summed E-state index contributed by atoms with van der Waals surface area (Å²) < 4.78 is 5.42. The predicted molar refractivity (Wildman–Crippen MR) is 102 cm³/mol. The second-order valence-corrected chi connectivity index (χ2v) is 6.70. The smallest absolute Gasteiger partial charge is 0.259 e. The van der Waals surface area contributed by atoms with Gasteiger partial charge in [0.2, 0.25) is 0 Å². The van der Waals surface area contributed by atoms with E-state index in [-0.39, 0.29) is 24.2 Å². The van der Waals surface area contributed by atoms with E-state index in [2.05, 4.69) is 20.4 Å². The van der Waals surface area contributed by atoms with Crippen molar-refractivity contribution in [2.24, 2.45) is 0 Å². The summed E-state index contributed by atoms with van der Waals surface area (Å²) in [5.41, 5.74) is 8.76. The van der Waals surface area contributed by atoms with Gasteiger partial charge in [0, 0.05) is 11.6 Å². The summed E-state index contributed by atoms with van der Waals surface area (Å²) in [5, 5.41) is 7.68. The molecular formula is C18H20ClN5O2. The first-order valence-electron chi connectivity index (χ1n) is 8.36. The van der Waals surface area contributed by atoms with E-state index in [0.29, 0.717) is 34.1 Å². The summed E-state index contributed by atoms with van der Waals surface area (Å²) in [4.78, 5) is 21.5. The van der Waals surface area contributed by atoms with Crippen molar-refractivity contribution >= 4 is 40.9 Å².